The molecule has 0 unspecified atom stereocenters. The number of hydrogen-bond donors (Lipinski definition) is 0. The maximum absolute atomic E-state index is 12.9. The summed E-state index contributed by atoms with van der Waals surface area (Å²) in [6.07, 6.45) is 0. The van der Waals surface area contributed by atoms with Crippen LogP contribution in [0.25, 0.3) is 0 Å². The van der Waals surface area contributed by atoms with Crippen LogP contribution in [0.3, 0.4) is 0 Å². The van der Waals surface area contributed by atoms with Gasteiger partial charge in [0.15, 0.2) is 0 Å². The Bertz CT molecular complexity index is 1230. The molecule has 1 amide bonds. The minimum atomic E-state index is -3.67. The van der Waals surface area contributed by atoms with E-state index >= 15 is 0 Å². The first-order valence-electron chi connectivity index (χ1n) is 10.1. The standard InChI is InChI=1S/C24H21N3O4S/c25-18-19-6-12-23(13-7-19)32(29,30)27-16-14-26(15-17-27)24(28)20-8-10-22(11-9-20)31-21-4-2-1-3-5-21/h1-13H,14-17H2. The van der Waals surface area contributed by atoms with E-state index in [0.29, 0.717) is 35.7 Å². The van der Waals surface area contributed by atoms with E-state index in [2.05, 4.69) is 0 Å². The number of amides is 1. The van der Waals surface area contributed by atoms with Crippen molar-refractivity contribution in [2.45, 2.75) is 4.90 Å². The highest BCUT2D eigenvalue weighted by molar-refractivity contribution is 7.89. The van der Waals surface area contributed by atoms with E-state index in [1.165, 1.54) is 28.6 Å². The predicted octanol–water partition coefficient (Wildman–Crippen LogP) is 3.50. The molecule has 0 aliphatic carbocycles. The van der Waals surface area contributed by atoms with Crippen LogP contribution in [-0.2, 0) is 10.0 Å². The van der Waals surface area contributed by atoms with Crippen molar-refractivity contribution in [1.82, 2.24) is 9.21 Å². The Morgan fingerprint density at radius 2 is 1.41 bits per heavy atom. The molecule has 0 saturated carbocycles. The lowest BCUT2D eigenvalue weighted by Crippen LogP contribution is -2.50. The minimum Gasteiger partial charge on any atom is -0.457 e. The molecular weight excluding hydrogens is 426 g/mol. The second-order valence-electron chi connectivity index (χ2n) is 7.27. The SMILES string of the molecule is N#Cc1ccc(S(=O)(=O)N2CCN(C(=O)c3ccc(Oc4ccccc4)cc3)CC2)cc1. The lowest BCUT2D eigenvalue weighted by molar-refractivity contribution is 0.0698. The third kappa shape index (κ3) is 4.64. The topological polar surface area (TPSA) is 90.7 Å². The van der Waals surface area contributed by atoms with Crippen LogP contribution in [0.5, 0.6) is 11.5 Å². The molecule has 4 rings (SSSR count). The quantitative estimate of drug-likeness (QED) is 0.597. The summed E-state index contributed by atoms with van der Waals surface area (Å²) in [5, 5.41) is 8.88. The predicted molar refractivity (Wildman–Crippen MR) is 119 cm³/mol. The highest BCUT2D eigenvalue weighted by Crippen LogP contribution is 2.23. The van der Waals surface area contributed by atoms with Crippen LogP contribution in [0.2, 0.25) is 0 Å². The van der Waals surface area contributed by atoms with Gasteiger partial charge in [0.2, 0.25) is 10.0 Å². The number of nitriles is 1. The Hall–Kier alpha value is -3.67. The summed E-state index contributed by atoms with van der Waals surface area (Å²) >= 11 is 0. The number of nitrogens with zero attached hydrogens (tertiary/aromatic N) is 3. The van der Waals surface area contributed by atoms with E-state index in [0.717, 1.165) is 0 Å². The highest BCUT2D eigenvalue weighted by Gasteiger charge is 2.30. The lowest BCUT2D eigenvalue weighted by atomic mass is 10.2. The Balaban J connectivity index is 1.37. The van der Waals surface area contributed by atoms with Gasteiger partial charge in [-0.3, -0.25) is 4.79 Å². The van der Waals surface area contributed by atoms with Crippen molar-refractivity contribution in [3.05, 3.63) is 90.0 Å². The van der Waals surface area contributed by atoms with Crippen LogP contribution in [0.15, 0.2) is 83.8 Å². The van der Waals surface area contributed by atoms with E-state index < -0.39 is 10.0 Å². The van der Waals surface area contributed by atoms with Gasteiger partial charge in [-0.1, -0.05) is 18.2 Å². The van der Waals surface area contributed by atoms with Crippen molar-refractivity contribution in [1.29, 1.82) is 5.26 Å². The summed E-state index contributed by atoms with van der Waals surface area (Å²) in [5.74, 6) is 1.20. The van der Waals surface area contributed by atoms with E-state index in [4.69, 9.17) is 10.00 Å². The molecule has 1 aliphatic rings. The van der Waals surface area contributed by atoms with Gasteiger partial charge in [0.25, 0.3) is 5.91 Å². The summed E-state index contributed by atoms with van der Waals surface area (Å²) in [4.78, 5) is 14.6. The van der Waals surface area contributed by atoms with Gasteiger partial charge >= 0.3 is 0 Å². The first kappa shape index (κ1) is 21.6. The van der Waals surface area contributed by atoms with Crippen LogP contribution >= 0.6 is 0 Å². The Morgan fingerprint density at radius 1 is 0.812 bits per heavy atom. The molecule has 1 heterocycles. The third-order valence-electron chi connectivity index (χ3n) is 5.23. The molecule has 0 radical (unpaired) electrons. The van der Waals surface area contributed by atoms with E-state index in [9.17, 15) is 13.2 Å². The summed E-state index contributed by atoms with van der Waals surface area (Å²) in [5.41, 5.74) is 0.924. The highest BCUT2D eigenvalue weighted by atomic mass is 32.2. The number of para-hydroxylation sites is 1. The van der Waals surface area contributed by atoms with Crippen molar-refractivity contribution in [2.75, 3.05) is 26.2 Å². The number of carbonyl (C=O) groups excluding carboxylic acids is 1. The van der Waals surface area contributed by atoms with E-state index in [1.807, 2.05) is 36.4 Å². The molecule has 0 aromatic heterocycles. The molecule has 162 valence electrons. The Kier molecular flexibility index (Phi) is 6.21. The molecule has 0 spiro atoms. The fourth-order valence-corrected chi connectivity index (χ4v) is 4.88. The average Bonchev–Trinajstić information content (AvgIpc) is 2.85. The summed E-state index contributed by atoms with van der Waals surface area (Å²) in [7, 11) is -3.67. The largest absolute Gasteiger partial charge is 0.457 e. The molecule has 3 aromatic carbocycles. The van der Waals surface area contributed by atoms with Gasteiger partial charge in [0.05, 0.1) is 16.5 Å². The zero-order chi connectivity index (χ0) is 22.6. The fourth-order valence-electron chi connectivity index (χ4n) is 3.45. The van der Waals surface area contributed by atoms with Crippen molar-refractivity contribution >= 4 is 15.9 Å². The molecule has 1 fully saturated rings. The first-order valence-corrected chi connectivity index (χ1v) is 11.5. The smallest absolute Gasteiger partial charge is 0.253 e. The van der Waals surface area contributed by atoms with Crippen molar-refractivity contribution < 1.29 is 17.9 Å². The van der Waals surface area contributed by atoms with Crippen LogP contribution < -0.4 is 4.74 Å². The second-order valence-corrected chi connectivity index (χ2v) is 9.21. The fraction of sp³-hybridized carbons (Fsp3) is 0.167. The van der Waals surface area contributed by atoms with Gasteiger partial charge in [-0.2, -0.15) is 9.57 Å². The summed E-state index contributed by atoms with van der Waals surface area (Å²) < 4.78 is 32.8. The molecule has 0 atom stereocenters. The van der Waals surface area contributed by atoms with Gasteiger partial charge < -0.3 is 9.64 Å². The van der Waals surface area contributed by atoms with E-state index in [1.54, 1.807) is 29.2 Å². The minimum absolute atomic E-state index is 0.144. The molecule has 0 N–H and O–H groups in total. The molecule has 8 heteroatoms. The molecule has 3 aromatic rings. The van der Waals surface area contributed by atoms with Crippen LogP contribution in [-0.4, -0.2) is 49.7 Å². The maximum atomic E-state index is 12.9. The van der Waals surface area contributed by atoms with Gasteiger partial charge in [-0.25, -0.2) is 8.42 Å². The average molecular weight is 448 g/mol. The van der Waals surface area contributed by atoms with Crippen molar-refractivity contribution in [3.8, 4) is 17.6 Å². The van der Waals surface area contributed by atoms with Crippen LogP contribution in [0.1, 0.15) is 15.9 Å². The zero-order valence-corrected chi connectivity index (χ0v) is 18.0. The number of hydrogen-bond acceptors (Lipinski definition) is 5. The van der Waals surface area contributed by atoms with Gasteiger partial charge in [0.1, 0.15) is 11.5 Å². The van der Waals surface area contributed by atoms with E-state index in [-0.39, 0.29) is 23.9 Å². The Labute approximate surface area is 187 Å². The molecule has 0 bridgehead atoms. The third-order valence-corrected chi connectivity index (χ3v) is 7.14. The summed E-state index contributed by atoms with van der Waals surface area (Å²) in [6, 6.07) is 24.1. The normalized spacial score (nSPS) is 14.5. The molecule has 1 saturated heterocycles. The van der Waals surface area contributed by atoms with Gasteiger partial charge in [-0.05, 0) is 60.7 Å². The number of piperazine rings is 1. The molecule has 7 nitrogen and oxygen atoms in total. The van der Waals surface area contributed by atoms with Gasteiger partial charge in [0, 0.05) is 31.7 Å². The Morgan fingerprint density at radius 3 is 2.00 bits per heavy atom. The zero-order valence-electron chi connectivity index (χ0n) is 17.2. The number of benzene rings is 3. The maximum Gasteiger partial charge on any atom is 0.253 e. The molecule has 1 aliphatic heterocycles. The lowest BCUT2D eigenvalue weighted by Gasteiger charge is -2.34. The molecular formula is C24H21N3O4S. The number of sulfonamides is 1. The monoisotopic (exact) mass is 447 g/mol. The number of rotatable bonds is 5. The van der Waals surface area contributed by atoms with Crippen LogP contribution in [0.4, 0.5) is 0 Å². The summed E-state index contributed by atoms with van der Waals surface area (Å²) in [6.45, 7) is 1.03. The van der Waals surface area contributed by atoms with Crippen molar-refractivity contribution in [2.24, 2.45) is 0 Å². The number of ether oxygens (including phenoxy) is 1. The second kappa shape index (κ2) is 9.22. The molecule has 32 heavy (non-hydrogen) atoms. The van der Waals surface area contributed by atoms with Gasteiger partial charge in [-0.15, -0.1) is 0 Å². The van der Waals surface area contributed by atoms with Crippen LogP contribution in [0, 0.1) is 11.3 Å². The first-order chi connectivity index (χ1) is 15.5. The van der Waals surface area contributed by atoms with Crippen molar-refractivity contribution in [3.63, 3.8) is 0 Å². The number of carbonyl (C=O) groups is 1.